The number of aromatic amines is 1. The number of nitrogens with one attached hydrogen (secondary N) is 1. The molecular weight excluding hydrogens is 198 g/mol. The van der Waals surface area contributed by atoms with Gasteiger partial charge in [-0.15, -0.1) is 0 Å². The lowest BCUT2D eigenvalue weighted by molar-refractivity contribution is 0.881. The van der Waals surface area contributed by atoms with E-state index in [4.69, 9.17) is 0 Å². The molecule has 3 heteroatoms. The van der Waals surface area contributed by atoms with Crippen LogP contribution in [-0.4, -0.2) is 14.8 Å². The van der Waals surface area contributed by atoms with Crippen molar-refractivity contribution in [2.45, 2.75) is 0 Å². The second kappa shape index (κ2) is 3.70. The van der Waals surface area contributed by atoms with Crippen molar-refractivity contribution in [3.05, 3.63) is 60.9 Å². The van der Waals surface area contributed by atoms with Crippen molar-refractivity contribution in [3.8, 4) is 5.69 Å². The fourth-order valence-electron chi connectivity index (χ4n) is 1.77. The molecule has 0 aliphatic carbocycles. The highest BCUT2D eigenvalue weighted by Gasteiger charge is 2.00. The Hall–Kier alpha value is -2.29. The predicted molar refractivity (Wildman–Crippen MR) is 64.2 cm³/mol. The van der Waals surface area contributed by atoms with E-state index in [1.54, 1.807) is 6.20 Å². The zero-order valence-corrected chi connectivity index (χ0v) is 8.67. The number of nitrogens with zero attached hydrogens (tertiary/aromatic N) is 2. The Morgan fingerprint density at radius 2 is 1.81 bits per heavy atom. The van der Waals surface area contributed by atoms with E-state index in [9.17, 15) is 0 Å². The molecule has 0 saturated heterocycles. The molecule has 1 N–H and O–H groups in total. The third-order valence-corrected chi connectivity index (χ3v) is 2.51. The largest absolute Gasteiger partial charge is 0.300 e. The molecule has 2 aliphatic heterocycles. The van der Waals surface area contributed by atoms with E-state index >= 15 is 0 Å². The Bertz CT molecular complexity index is 634. The number of aromatic nitrogens is 3. The average Bonchev–Trinajstić information content (AvgIpc) is 2.62. The Kier molecular flexibility index (Phi) is 2.07. The van der Waals surface area contributed by atoms with E-state index in [1.807, 2.05) is 41.2 Å². The number of fused-ring (bicyclic) bond motifs is 3. The van der Waals surface area contributed by atoms with Gasteiger partial charge in [-0.25, -0.2) is 9.67 Å². The van der Waals surface area contributed by atoms with Crippen LogP contribution in [0.2, 0.25) is 0 Å². The molecule has 0 aromatic carbocycles. The second-order valence-electron chi connectivity index (χ2n) is 3.55. The van der Waals surface area contributed by atoms with Gasteiger partial charge >= 0.3 is 0 Å². The van der Waals surface area contributed by atoms with Gasteiger partial charge in [-0.05, 0) is 30.3 Å². The summed E-state index contributed by atoms with van der Waals surface area (Å²) in [5.41, 5.74) is 1.98. The van der Waals surface area contributed by atoms with E-state index in [-0.39, 0.29) is 0 Å². The lowest BCUT2D eigenvalue weighted by Gasteiger charge is -2.03. The predicted octanol–water partition coefficient (Wildman–Crippen LogP) is 2.92. The van der Waals surface area contributed by atoms with Gasteiger partial charge in [0.05, 0.1) is 5.69 Å². The van der Waals surface area contributed by atoms with Crippen LogP contribution >= 0.6 is 0 Å². The molecule has 0 saturated carbocycles. The van der Waals surface area contributed by atoms with Crippen molar-refractivity contribution in [2.24, 2.45) is 0 Å². The van der Waals surface area contributed by atoms with E-state index in [1.165, 1.54) is 0 Å². The minimum Gasteiger partial charge on any atom is -0.300 e. The van der Waals surface area contributed by atoms with Crippen LogP contribution in [-0.2, 0) is 0 Å². The van der Waals surface area contributed by atoms with Crippen LogP contribution in [0.25, 0.3) is 16.7 Å². The zero-order valence-electron chi connectivity index (χ0n) is 8.67. The lowest BCUT2D eigenvalue weighted by Crippen LogP contribution is -1.98. The normalized spacial score (nSPS) is 10.5. The van der Waals surface area contributed by atoms with Crippen LogP contribution in [0.4, 0.5) is 0 Å². The maximum absolute atomic E-state index is 4.41. The van der Waals surface area contributed by atoms with E-state index in [2.05, 4.69) is 28.3 Å². The van der Waals surface area contributed by atoms with Crippen LogP contribution in [0.15, 0.2) is 60.9 Å². The molecule has 3 rings (SSSR count). The molecule has 0 spiro atoms. The first-order valence-corrected chi connectivity index (χ1v) is 5.18. The van der Waals surface area contributed by atoms with Crippen molar-refractivity contribution >= 4 is 11.0 Å². The monoisotopic (exact) mass is 209 g/mol. The van der Waals surface area contributed by atoms with Gasteiger partial charge in [0.2, 0.25) is 0 Å². The Labute approximate surface area is 93.0 Å². The summed E-state index contributed by atoms with van der Waals surface area (Å²) in [6, 6.07) is 16.1. The summed E-state index contributed by atoms with van der Waals surface area (Å²) in [5.74, 6) is 0. The third kappa shape index (κ3) is 1.42. The van der Waals surface area contributed by atoms with Crippen molar-refractivity contribution in [1.29, 1.82) is 0 Å². The summed E-state index contributed by atoms with van der Waals surface area (Å²) < 4.78 is 1.97. The van der Waals surface area contributed by atoms with Crippen LogP contribution in [0, 0.1) is 0 Å². The van der Waals surface area contributed by atoms with Crippen molar-refractivity contribution in [1.82, 2.24) is 14.8 Å². The molecule has 0 radical (unpaired) electrons. The maximum Gasteiger partial charge on any atom is 0.159 e. The highest BCUT2D eigenvalue weighted by Crippen LogP contribution is 2.14. The number of pyridine rings is 1. The Morgan fingerprint density at radius 3 is 2.81 bits per heavy atom. The molecule has 16 heavy (non-hydrogen) atoms. The fraction of sp³-hybridized carbons (Fsp3) is 0. The third-order valence-electron chi connectivity index (χ3n) is 2.51. The van der Waals surface area contributed by atoms with Gasteiger partial charge in [-0.1, -0.05) is 18.2 Å². The summed E-state index contributed by atoms with van der Waals surface area (Å²) >= 11 is 0. The first-order chi connectivity index (χ1) is 7.95. The standard InChI is InChI=1S/C13H11N3/c1-2-10-15-16-12(7-1)8-3-5-11-6-4-9-14-13(11)16/h1-10,15H. The molecule has 0 fully saturated rings. The quantitative estimate of drug-likeness (QED) is 0.606. The molecule has 2 aliphatic rings. The number of H-pyrrole nitrogens is 1. The lowest BCUT2D eigenvalue weighted by atomic mass is 10.3. The first-order valence-electron chi connectivity index (χ1n) is 5.18. The molecule has 0 bridgehead atoms. The summed E-state index contributed by atoms with van der Waals surface area (Å²) in [5, 5.41) is 4.30. The van der Waals surface area contributed by atoms with Crippen LogP contribution in [0.5, 0.6) is 0 Å². The van der Waals surface area contributed by atoms with E-state index in [0.29, 0.717) is 0 Å². The maximum atomic E-state index is 4.41. The first kappa shape index (κ1) is 8.97. The SMILES string of the molecule is c1ccc2cccc3cccnc3n-2[nH]c1. The minimum absolute atomic E-state index is 0.915. The highest BCUT2D eigenvalue weighted by atomic mass is 15.3. The summed E-state index contributed by atoms with van der Waals surface area (Å²) in [7, 11) is 0. The molecular formula is C13H11N3. The van der Waals surface area contributed by atoms with E-state index in [0.717, 1.165) is 16.7 Å². The summed E-state index contributed by atoms with van der Waals surface area (Å²) in [4.78, 5) is 4.41. The smallest absolute Gasteiger partial charge is 0.159 e. The van der Waals surface area contributed by atoms with Gasteiger partial charge < -0.3 is 0 Å². The zero-order chi connectivity index (χ0) is 10.8. The number of hydrogen-bond donors (Lipinski definition) is 1. The fourth-order valence-corrected chi connectivity index (χ4v) is 1.77. The Morgan fingerprint density at radius 1 is 0.938 bits per heavy atom. The van der Waals surface area contributed by atoms with E-state index < -0.39 is 0 Å². The molecule has 1 aromatic heterocycles. The highest BCUT2D eigenvalue weighted by molar-refractivity contribution is 5.75. The topological polar surface area (TPSA) is 33.6 Å². The van der Waals surface area contributed by atoms with Crippen molar-refractivity contribution in [2.75, 3.05) is 0 Å². The molecule has 0 unspecified atom stereocenters. The molecule has 3 heterocycles. The molecule has 0 atom stereocenters. The second-order valence-corrected chi connectivity index (χ2v) is 3.55. The number of rotatable bonds is 0. The summed E-state index contributed by atoms with van der Waals surface area (Å²) in [6.07, 6.45) is 3.69. The van der Waals surface area contributed by atoms with Crippen LogP contribution < -0.4 is 0 Å². The van der Waals surface area contributed by atoms with Crippen molar-refractivity contribution < 1.29 is 0 Å². The van der Waals surface area contributed by atoms with Gasteiger partial charge in [0, 0.05) is 17.8 Å². The molecule has 3 nitrogen and oxygen atoms in total. The number of hydrogen-bond acceptors (Lipinski definition) is 1. The van der Waals surface area contributed by atoms with Crippen molar-refractivity contribution in [3.63, 3.8) is 0 Å². The van der Waals surface area contributed by atoms with Gasteiger partial charge in [-0.3, -0.25) is 5.10 Å². The van der Waals surface area contributed by atoms with Crippen LogP contribution in [0.3, 0.4) is 0 Å². The van der Waals surface area contributed by atoms with Gasteiger partial charge in [-0.2, -0.15) is 0 Å². The van der Waals surface area contributed by atoms with Gasteiger partial charge in [0.1, 0.15) is 0 Å². The van der Waals surface area contributed by atoms with Gasteiger partial charge in [0.25, 0.3) is 0 Å². The minimum atomic E-state index is 0.915. The Balaban J connectivity index is 2.53. The van der Waals surface area contributed by atoms with Crippen LogP contribution in [0.1, 0.15) is 0 Å². The summed E-state index contributed by atoms with van der Waals surface area (Å²) in [6.45, 7) is 0. The molecule has 0 amide bonds. The van der Waals surface area contributed by atoms with Gasteiger partial charge in [0.15, 0.2) is 5.65 Å². The average molecular weight is 209 g/mol. The molecule has 1 aromatic rings. The molecule has 78 valence electrons.